The molecule has 22 heavy (non-hydrogen) atoms. The summed E-state index contributed by atoms with van der Waals surface area (Å²) in [7, 11) is 4.00. The van der Waals surface area contributed by atoms with Crippen LogP contribution in [0.25, 0.3) is 0 Å². The van der Waals surface area contributed by atoms with Crippen molar-refractivity contribution in [2.45, 2.75) is 0 Å². The minimum absolute atomic E-state index is 0.00836. The Kier molecular flexibility index (Phi) is 4.05. The molecular weight excluding hydrogens is 298 g/mol. The number of likely N-dealkylation sites (N-methyl/N-ethyl adjacent to an activating group) is 1. The number of carbonyl (C=O) groups is 1. The van der Waals surface area contributed by atoms with E-state index in [1.165, 1.54) is 0 Å². The summed E-state index contributed by atoms with van der Waals surface area (Å²) in [5.41, 5.74) is 3.19. The third-order valence-electron chi connectivity index (χ3n) is 3.69. The first-order valence-corrected chi connectivity index (χ1v) is 7.56. The Morgan fingerprint density at radius 1 is 1.14 bits per heavy atom. The Labute approximate surface area is 135 Å². The highest BCUT2D eigenvalue weighted by atomic mass is 35.5. The molecule has 0 fully saturated rings. The SMILES string of the molecule is CN(C)CCN1C(=O)c2ccc(Cl)cc2Nc2ccccc21. The lowest BCUT2D eigenvalue weighted by Crippen LogP contribution is -2.36. The fraction of sp³-hybridized carbons (Fsp3) is 0.235. The van der Waals surface area contributed by atoms with Gasteiger partial charge in [-0.25, -0.2) is 0 Å². The van der Waals surface area contributed by atoms with Crippen LogP contribution < -0.4 is 10.2 Å². The van der Waals surface area contributed by atoms with E-state index in [2.05, 4.69) is 10.2 Å². The number of hydrogen-bond donors (Lipinski definition) is 1. The predicted molar refractivity (Wildman–Crippen MR) is 91.4 cm³/mol. The van der Waals surface area contributed by atoms with Crippen molar-refractivity contribution in [2.75, 3.05) is 37.4 Å². The van der Waals surface area contributed by atoms with Crippen molar-refractivity contribution >= 4 is 34.6 Å². The van der Waals surface area contributed by atoms with Gasteiger partial charge in [-0.15, -0.1) is 0 Å². The van der Waals surface area contributed by atoms with Gasteiger partial charge >= 0.3 is 0 Å². The molecule has 0 radical (unpaired) electrons. The zero-order chi connectivity index (χ0) is 15.7. The van der Waals surface area contributed by atoms with E-state index in [9.17, 15) is 4.79 Å². The van der Waals surface area contributed by atoms with Gasteiger partial charge in [-0.2, -0.15) is 0 Å². The van der Waals surface area contributed by atoms with E-state index < -0.39 is 0 Å². The second-order valence-corrected chi connectivity index (χ2v) is 6.03. The van der Waals surface area contributed by atoms with Crippen LogP contribution in [0.2, 0.25) is 5.02 Å². The number of para-hydroxylation sites is 2. The smallest absolute Gasteiger partial charge is 0.260 e. The van der Waals surface area contributed by atoms with E-state index in [0.717, 1.165) is 23.6 Å². The van der Waals surface area contributed by atoms with Crippen molar-refractivity contribution in [2.24, 2.45) is 0 Å². The first-order valence-electron chi connectivity index (χ1n) is 7.18. The lowest BCUT2D eigenvalue weighted by atomic mass is 10.1. The summed E-state index contributed by atoms with van der Waals surface area (Å²) in [5.74, 6) is -0.00836. The molecule has 1 N–H and O–H groups in total. The lowest BCUT2D eigenvalue weighted by Gasteiger charge is -2.24. The maximum Gasteiger partial charge on any atom is 0.260 e. The number of anilines is 3. The van der Waals surface area contributed by atoms with Crippen LogP contribution in [0.4, 0.5) is 17.1 Å². The third-order valence-corrected chi connectivity index (χ3v) is 3.93. The number of benzene rings is 2. The lowest BCUT2D eigenvalue weighted by molar-refractivity contribution is 0.0986. The van der Waals surface area contributed by atoms with Gasteiger partial charge in [0.2, 0.25) is 0 Å². The number of carbonyl (C=O) groups excluding carboxylic acids is 1. The number of nitrogens with zero attached hydrogens (tertiary/aromatic N) is 2. The Bertz CT molecular complexity index is 715. The molecule has 0 unspecified atom stereocenters. The third kappa shape index (κ3) is 2.80. The molecule has 0 saturated heterocycles. The van der Waals surface area contributed by atoms with Crippen molar-refractivity contribution < 1.29 is 4.79 Å². The highest BCUT2D eigenvalue weighted by Crippen LogP contribution is 2.36. The molecule has 0 saturated carbocycles. The van der Waals surface area contributed by atoms with Crippen LogP contribution in [-0.4, -0.2) is 38.0 Å². The fourth-order valence-electron chi connectivity index (χ4n) is 2.54. The summed E-state index contributed by atoms with van der Waals surface area (Å²) >= 11 is 6.07. The molecule has 4 nitrogen and oxygen atoms in total. The molecule has 5 heteroatoms. The summed E-state index contributed by atoms with van der Waals surface area (Å²) in [5, 5.41) is 3.94. The van der Waals surface area contributed by atoms with Crippen molar-refractivity contribution in [1.82, 2.24) is 4.90 Å². The largest absolute Gasteiger partial charge is 0.353 e. The van der Waals surface area contributed by atoms with Gasteiger partial charge in [0.05, 0.1) is 22.6 Å². The van der Waals surface area contributed by atoms with E-state index >= 15 is 0 Å². The number of rotatable bonds is 3. The number of fused-ring (bicyclic) bond motifs is 2. The predicted octanol–water partition coefficient (Wildman–Crippen LogP) is 3.61. The van der Waals surface area contributed by atoms with Crippen molar-refractivity contribution in [3.63, 3.8) is 0 Å². The standard InChI is InChI=1S/C17H18ClN3O/c1-20(2)9-10-21-16-6-4-3-5-14(16)19-15-11-12(18)7-8-13(15)17(21)22/h3-8,11,19H,9-10H2,1-2H3. The number of nitrogens with one attached hydrogen (secondary N) is 1. The second-order valence-electron chi connectivity index (χ2n) is 5.59. The van der Waals surface area contributed by atoms with Gasteiger partial charge in [-0.3, -0.25) is 4.79 Å². The van der Waals surface area contributed by atoms with Crippen LogP contribution >= 0.6 is 11.6 Å². The van der Waals surface area contributed by atoms with Crippen LogP contribution in [0.5, 0.6) is 0 Å². The molecule has 2 aromatic carbocycles. The number of hydrogen-bond acceptors (Lipinski definition) is 3. The molecular formula is C17H18ClN3O. The van der Waals surface area contributed by atoms with E-state index in [4.69, 9.17) is 11.6 Å². The average molecular weight is 316 g/mol. The summed E-state index contributed by atoms with van der Waals surface area (Å²) in [6.45, 7) is 1.43. The molecule has 1 aliphatic heterocycles. The average Bonchev–Trinajstić information content (AvgIpc) is 2.59. The minimum atomic E-state index is -0.00836. The second kappa shape index (κ2) is 5.99. The van der Waals surface area contributed by atoms with Crippen molar-refractivity contribution in [3.8, 4) is 0 Å². The van der Waals surface area contributed by atoms with Gasteiger partial charge < -0.3 is 15.1 Å². The Hall–Kier alpha value is -2.04. The van der Waals surface area contributed by atoms with E-state index in [1.807, 2.05) is 43.3 Å². The van der Waals surface area contributed by atoms with Crippen LogP contribution in [0.3, 0.4) is 0 Å². The van der Waals surface area contributed by atoms with Crippen LogP contribution in [-0.2, 0) is 0 Å². The molecule has 1 amide bonds. The molecule has 0 atom stereocenters. The van der Waals surface area contributed by atoms with Gasteiger partial charge in [0, 0.05) is 18.1 Å². The van der Waals surface area contributed by atoms with Crippen molar-refractivity contribution in [1.29, 1.82) is 0 Å². The van der Waals surface area contributed by atoms with Crippen molar-refractivity contribution in [3.05, 3.63) is 53.1 Å². The zero-order valence-corrected chi connectivity index (χ0v) is 13.4. The normalized spacial score (nSPS) is 13.5. The van der Waals surface area contributed by atoms with Gasteiger partial charge in [-0.05, 0) is 44.4 Å². The molecule has 0 bridgehead atoms. The summed E-state index contributed by atoms with van der Waals surface area (Å²) < 4.78 is 0. The molecule has 1 heterocycles. The first kappa shape index (κ1) is 14.9. The quantitative estimate of drug-likeness (QED) is 0.940. The number of amides is 1. The van der Waals surface area contributed by atoms with Gasteiger partial charge in [0.15, 0.2) is 0 Å². The minimum Gasteiger partial charge on any atom is -0.353 e. The fourth-order valence-corrected chi connectivity index (χ4v) is 2.72. The van der Waals surface area contributed by atoms with Crippen LogP contribution in [0.1, 0.15) is 10.4 Å². The summed E-state index contributed by atoms with van der Waals surface area (Å²) in [6.07, 6.45) is 0. The maximum absolute atomic E-state index is 12.9. The highest BCUT2D eigenvalue weighted by Gasteiger charge is 2.26. The molecule has 0 aliphatic carbocycles. The first-order chi connectivity index (χ1) is 10.6. The Balaban J connectivity index is 2.09. The molecule has 1 aliphatic rings. The highest BCUT2D eigenvalue weighted by molar-refractivity contribution is 6.31. The van der Waals surface area contributed by atoms with E-state index in [-0.39, 0.29) is 5.91 Å². The summed E-state index contributed by atoms with van der Waals surface area (Å²) in [4.78, 5) is 16.8. The summed E-state index contributed by atoms with van der Waals surface area (Å²) in [6, 6.07) is 13.2. The zero-order valence-electron chi connectivity index (χ0n) is 12.6. The van der Waals surface area contributed by atoms with Gasteiger partial charge in [0.25, 0.3) is 5.91 Å². The van der Waals surface area contributed by atoms with Gasteiger partial charge in [0.1, 0.15) is 0 Å². The topological polar surface area (TPSA) is 35.6 Å². The van der Waals surface area contributed by atoms with Crippen LogP contribution in [0, 0.1) is 0 Å². The molecule has 3 rings (SSSR count). The molecule has 0 spiro atoms. The molecule has 2 aromatic rings. The van der Waals surface area contributed by atoms with E-state index in [0.29, 0.717) is 17.1 Å². The maximum atomic E-state index is 12.9. The molecule has 114 valence electrons. The van der Waals surface area contributed by atoms with Crippen LogP contribution in [0.15, 0.2) is 42.5 Å². The monoisotopic (exact) mass is 315 g/mol. The Morgan fingerprint density at radius 3 is 2.68 bits per heavy atom. The Morgan fingerprint density at radius 2 is 1.91 bits per heavy atom. The van der Waals surface area contributed by atoms with E-state index in [1.54, 1.807) is 18.2 Å². The number of halogens is 1. The molecule has 0 aromatic heterocycles. The van der Waals surface area contributed by atoms with Gasteiger partial charge in [-0.1, -0.05) is 23.7 Å².